The van der Waals surface area contributed by atoms with E-state index in [-0.39, 0.29) is 35.8 Å². The van der Waals surface area contributed by atoms with E-state index < -0.39 is 0 Å². The van der Waals surface area contributed by atoms with Crippen molar-refractivity contribution in [1.82, 2.24) is 10.6 Å². The second kappa shape index (κ2) is 10.5. The Morgan fingerprint density at radius 1 is 1.33 bits per heavy atom. The van der Waals surface area contributed by atoms with Crippen LogP contribution in [0.2, 0.25) is 0 Å². The maximum Gasteiger partial charge on any atom is 0.227 e. The van der Waals surface area contributed by atoms with Gasteiger partial charge in [-0.2, -0.15) is 0 Å². The average molecular weight is 444 g/mol. The van der Waals surface area contributed by atoms with E-state index in [1.807, 2.05) is 38.1 Å². The van der Waals surface area contributed by atoms with Crippen LogP contribution < -0.4 is 16.0 Å². The molecule has 0 heterocycles. The fourth-order valence-electron chi connectivity index (χ4n) is 2.11. The van der Waals surface area contributed by atoms with Crippen molar-refractivity contribution in [3.05, 3.63) is 29.8 Å². The van der Waals surface area contributed by atoms with Crippen LogP contribution in [0, 0.1) is 5.92 Å². The van der Waals surface area contributed by atoms with E-state index in [1.165, 1.54) is 12.8 Å². The molecular formula is C18H29IN4O. The van der Waals surface area contributed by atoms with Crippen molar-refractivity contribution in [2.45, 2.75) is 52.6 Å². The third kappa shape index (κ3) is 7.07. The van der Waals surface area contributed by atoms with E-state index in [0.29, 0.717) is 12.6 Å². The number of anilines is 1. The van der Waals surface area contributed by atoms with Gasteiger partial charge in [0, 0.05) is 24.2 Å². The summed E-state index contributed by atoms with van der Waals surface area (Å²) >= 11 is 0. The first-order valence-electron chi connectivity index (χ1n) is 8.57. The van der Waals surface area contributed by atoms with E-state index in [1.54, 1.807) is 0 Å². The lowest BCUT2D eigenvalue weighted by atomic mass is 10.1. The van der Waals surface area contributed by atoms with Crippen molar-refractivity contribution >= 4 is 41.5 Å². The minimum absolute atomic E-state index is 0. The standard InChI is InChI=1S/C18H28N4O.HI/c1-4-13(3)17(23)21-16-8-6-7-14(11-16)12-20-18(19-5-2)22-15-9-10-15;/h6-8,11,13,15H,4-5,9-10,12H2,1-3H3,(H,21,23)(H2,19,20,22);1H. The molecule has 3 N–H and O–H groups in total. The first-order chi connectivity index (χ1) is 11.1. The molecule has 0 aliphatic heterocycles. The highest BCUT2D eigenvalue weighted by Crippen LogP contribution is 2.18. The molecule has 1 aliphatic carbocycles. The molecule has 0 saturated heterocycles. The van der Waals surface area contributed by atoms with Crippen molar-refractivity contribution in [3.63, 3.8) is 0 Å². The number of nitrogens with zero attached hydrogens (tertiary/aromatic N) is 1. The summed E-state index contributed by atoms with van der Waals surface area (Å²) in [6.45, 7) is 7.47. The van der Waals surface area contributed by atoms with E-state index >= 15 is 0 Å². The Balaban J connectivity index is 0.00000288. The zero-order valence-electron chi connectivity index (χ0n) is 14.8. The molecule has 0 aromatic heterocycles. The van der Waals surface area contributed by atoms with Gasteiger partial charge < -0.3 is 16.0 Å². The lowest BCUT2D eigenvalue weighted by molar-refractivity contribution is -0.119. The molecule has 0 bridgehead atoms. The normalized spacial score (nSPS) is 15.2. The van der Waals surface area contributed by atoms with Crippen LogP contribution in [0.5, 0.6) is 0 Å². The van der Waals surface area contributed by atoms with Crippen LogP contribution in [0.25, 0.3) is 0 Å². The number of carbonyl (C=O) groups excluding carboxylic acids is 1. The summed E-state index contributed by atoms with van der Waals surface area (Å²) in [6.07, 6.45) is 3.29. The number of hydrogen-bond acceptors (Lipinski definition) is 2. The van der Waals surface area contributed by atoms with Gasteiger partial charge >= 0.3 is 0 Å². The maximum absolute atomic E-state index is 12.0. The van der Waals surface area contributed by atoms with Gasteiger partial charge in [0.25, 0.3) is 0 Å². The first kappa shape index (κ1) is 20.7. The topological polar surface area (TPSA) is 65.5 Å². The second-order valence-corrected chi connectivity index (χ2v) is 6.11. The van der Waals surface area contributed by atoms with Crippen LogP contribution in [0.1, 0.15) is 45.6 Å². The molecule has 1 amide bonds. The Labute approximate surface area is 162 Å². The Morgan fingerprint density at radius 3 is 2.71 bits per heavy atom. The van der Waals surface area contributed by atoms with Crippen LogP contribution in [-0.4, -0.2) is 24.5 Å². The van der Waals surface area contributed by atoms with Gasteiger partial charge in [-0.15, -0.1) is 24.0 Å². The number of benzene rings is 1. The lowest BCUT2D eigenvalue weighted by Gasteiger charge is -2.12. The van der Waals surface area contributed by atoms with Gasteiger partial charge in [-0.1, -0.05) is 26.0 Å². The zero-order valence-corrected chi connectivity index (χ0v) is 17.1. The molecule has 1 saturated carbocycles. The van der Waals surface area contributed by atoms with Crippen molar-refractivity contribution in [2.24, 2.45) is 10.9 Å². The summed E-state index contributed by atoms with van der Waals surface area (Å²) in [6, 6.07) is 8.47. The highest BCUT2D eigenvalue weighted by Gasteiger charge is 2.22. The number of rotatable bonds is 7. The minimum Gasteiger partial charge on any atom is -0.357 e. The third-order valence-corrected chi connectivity index (χ3v) is 3.94. The monoisotopic (exact) mass is 444 g/mol. The van der Waals surface area contributed by atoms with Crippen molar-refractivity contribution in [2.75, 3.05) is 11.9 Å². The van der Waals surface area contributed by atoms with E-state index in [9.17, 15) is 4.79 Å². The molecule has 1 unspecified atom stereocenters. The highest BCUT2D eigenvalue weighted by molar-refractivity contribution is 14.0. The van der Waals surface area contributed by atoms with Crippen LogP contribution in [0.15, 0.2) is 29.3 Å². The van der Waals surface area contributed by atoms with Gasteiger partial charge in [-0.05, 0) is 43.9 Å². The van der Waals surface area contributed by atoms with Crippen molar-refractivity contribution in [1.29, 1.82) is 0 Å². The van der Waals surface area contributed by atoms with Crippen LogP contribution in [0.4, 0.5) is 5.69 Å². The number of carbonyl (C=O) groups is 1. The highest BCUT2D eigenvalue weighted by atomic mass is 127. The predicted molar refractivity (Wildman–Crippen MR) is 111 cm³/mol. The summed E-state index contributed by atoms with van der Waals surface area (Å²) in [5.41, 5.74) is 1.92. The summed E-state index contributed by atoms with van der Waals surface area (Å²) in [5, 5.41) is 9.63. The van der Waals surface area contributed by atoms with Gasteiger partial charge in [0.1, 0.15) is 0 Å². The molecule has 24 heavy (non-hydrogen) atoms. The number of nitrogens with one attached hydrogen (secondary N) is 3. The van der Waals surface area contributed by atoms with Gasteiger partial charge in [0.05, 0.1) is 6.54 Å². The average Bonchev–Trinajstić information content (AvgIpc) is 3.36. The van der Waals surface area contributed by atoms with E-state index in [4.69, 9.17) is 0 Å². The molecule has 1 aromatic carbocycles. The Morgan fingerprint density at radius 2 is 2.08 bits per heavy atom. The third-order valence-electron chi connectivity index (χ3n) is 3.94. The Kier molecular flexibility index (Phi) is 9.10. The van der Waals surface area contributed by atoms with E-state index in [2.05, 4.69) is 27.9 Å². The number of guanidine groups is 1. The molecule has 1 fully saturated rings. The van der Waals surface area contributed by atoms with E-state index in [0.717, 1.165) is 30.2 Å². The molecule has 2 rings (SSSR count). The minimum atomic E-state index is 0. The summed E-state index contributed by atoms with van der Waals surface area (Å²) in [7, 11) is 0. The molecule has 0 spiro atoms. The first-order valence-corrected chi connectivity index (χ1v) is 8.57. The van der Waals surface area contributed by atoms with Gasteiger partial charge in [0.15, 0.2) is 5.96 Å². The number of halogens is 1. The quantitative estimate of drug-likeness (QED) is 0.343. The molecule has 5 nitrogen and oxygen atoms in total. The fourth-order valence-corrected chi connectivity index (χ4v) is 2.11. The smallest absolute Gasteiger partial charge is 0.227 e. The molecular weight excluding hydrogens is 415 g/mol. The van der Waals surface area contributed by atoms with Crippen LogP contribution >= 0.6 is 24.0 Å². The van der Waals surface area contributed by atoms with Gasteiger partial charge in [0.2, 0.25) is 5.91 Å². The van der Waals surface area contributed by atoms with Crippen molar-refractivity contribution in [3.8, 4) is 0 Å². The van der Waals surface area contributed by atoms with Crippen LogP contribution in [0.3, 0.4) is 0 Å². The molecule has 6 heteroatoms. The SMILES string of the molecule is CCNC(=NCc1cccc(NC(=O)C(C)CC)c1)NC1CC1.I. The fraction of sp³-hybridized carbons (Fsp3) is 0.556. The summed E-state index contributed by atoms with van der Waals surface area (Å²) in [5.74, 6) is 0.959. The number of hydrogen-bond donors (Lipinski definition) is 3. The Hall–Kier alpha value is -1.31. The maximum atomic E-state index is 12.0. The predicted octanol–water partition coefficient (Wildman–Crippen LogP) is 3.51. The largest absolute Gasteiger partial charge is 0.357 e. The Bertz CT molecular complexity index is 558. The number of aliphatic imine (C=N–C) groups is 1. The zero-order chi connectivity index (χ0) is 16.7. The molecule has 134 valence electrons. The molecule has 1 aromatic rings. The van der Waals surface area contributed by atoms with Gasteiger partial charge in [-0.3, -0.25) is 4.79 Å². The molecule has 1 atom stereocenters. The number of amides is 1. The summed E-state index contributed by atoms with van der Waals surface area (Å²) in [4.78, 5) is 16.6. The van der Waals surface area contributed by atoms with Crippen molar-refractivity contribution < 1.29 is 4.79 Å². The molecule has 1 aliphatic rings. The van der Waals surface area contributed by atoms with Gasteiger partial charge in [-0.25, -0.2) is 4.99 Å². The second-order valence-electron chi connectivity index (χ2n) is 6.11. The molecule has 0 radical (unpaired) electrons. The lowest BCUT2D eigenvalue weighted by Crippen LogP contribution is -2.38. The van der Waals surface area contributed by atoms with Crippen LogP contribution in [-0.2, 0) is 11.3 Å². The summed E-state index contributed by atoms with van der Waals surface area (Å²) < 4.78 is 0.